The van der Waals surface area contributed by atoms with Crippen molar-refractivity contribution in [2.24, 2.45) is 5.92 Å². The SMILES string of the molecule is COc1ccc(Cl)cc1CN(C)C(=O)C1CC1c1cccc(Br)c1. The molecule has 2 unspecified atom stereocenters. The van der Waals surface area contributed by atoms with Gasteiger partial charge in [0.15, 0.2) is 0 Å². The minimum absolute atomic E-state index is 0.0643. The average molecular weight is 409 g/mol. The lowest BCUT2D eigenvalue weighted by atomic mass is 10.1. The number of methoxy groups -OCH3 is 1. The van der Waals surface area contributed by atoms with Crippen LogP contribution in [0.4, 0.5) is 0 Å². The van der Waals surface area contributed by atoms with Crippen molar-refractivity contribution in [3.8, 4) is 5.75 Å². The second-order valence-corrected chi connectivity index (χ2v) is 7.51. The lowest BCUT2D eigenvalue weighted by molar-refractivity contribution is -0.131. The predicted molar refractivity (Wildman–Crippen MR) is 99.5 cm³/mol. The zero-order valence-electron chi connectivity index (χ0n) is 13.6. The first-order valence-corrected chi connectivity index (χ1v) is 8.99. The fourth-order valence-corrected chi connectivity index (χ4v) is 3.67. The summed E-state index contributed by atoms with van der Waals surface area (Å²) in [5.41, 5.74) is 2.14. The van der Waals surface area contributed by atoms with Crippen LogP contribution in [0.25, 0.3) is 0 Å². The Labute approximate surface area is 155 Å². The molecule has 2 aromatic rings. The number of nitrogens with zero attached hydrogens (tertiary/aromatic N) is 1. The maximum Gasteiger partial charge on any atom is 0.226 e. The Morgan fingerprint density at radius 3 is 2.83 bits per heavy atom. The first-order chi connectivity index (χ1) is 11.5. The van der Waals surface area contributed by atoms with Crippen LogP contribution >= 0.6 is 27.5 Å². The van der Waals surface area contributed by atoms with Crippen molar-refractivity contribution in [1.82, 2.24) is 4.90 Å². The number of amides is 1. The fraction of sp³-hybridized carbons (Fsp3) is 0.316. The van der Waals surface area contributed by atoms with Crippen LogP contribution in [-0.2, 0) is 11.3 Å². The highest BCUT2D eigenvalue weighted by Crippen LogP contribution is 2.48. The predicted octanol–water partition coefficient (Wildman–Crippen LogP) is 4.87. The molecular formula is C19H19BrClNO2. The van der Waals surface area contributed by atoms with Gasteiger partial charge in [-0.3, -0.25) is 4.79 Å². The molecule has 1 aliphatic rings. The number of carbonyl (C=O) groups is 1. The van der Waals surface area contributed by atoms with Crippen molar-refractivity contribution in [2.75, 3.05) is 14.2 Å². The largest absolute Gasteiger partial charge is 0.496 e. The summed E-state index contributed by atoms with van der Waals surface area (Å²) in [5.74, 6) is 1.30. The molecule has 1 amide bonds. The molecule has 0 N–H and O–H groups in total. The molecule has 126 valence electrons. The molecule has 3 rings (SSSR count). The van der Waals surface area contributed by atoms with E-state index in [-0.39, 0.29) is 11.8 Å². The van der Waals surface area contributed by atoms with Crippen molar-refractivity contribution in [3.05, 3.63) is 63.1 Å². The first kappa shape index (κ1) is 17.3. The van der Waals surface area contributed by atoms with Crippen molar-refractivity contribution < 1.29 is 9.53 Å². The maximum absolute atomic E-state index is 12.7. The third-order valence-electron chi connectivity index (χ3n) is 4.41. The van der Waals surface area contributed by atoms with Gasteiger partial charge in [-0.1, -0.05) is 39.7 Å². The Morgan fingerprint density at radius 1 is 1.33 bits per heavy atom. The van der Waals surface area contributed by atoms with Crippen LogP contribution in [0.2, 0.25) is 5.02 Å². The fourth-order valence-electron chi connectivity index (χ4n) is 3.06. The molecule has 0 aliphatic heterocycles. The monoisotopic (exact) mass is 407 g/mol. The summed E-state index contributed by atoms with van der Waals surface area (Å²) in [6.07, 6.45) is 0.909. The summed E-state index contributed by atoms with van der Waals surface area (Å²) >= 11 is 9.56. The van der Waals surface area contributed by atoms with Crippen LogP contribution in [0, 0.1) is 5.92 Å². The smallest absolute Gasteiger partial charge is 0.226 e. The topological polar surface area (TPSA) is 29.5 Å². The molecule has 2 aromatic carbocycles. The Bertz CT molecular complexity index is 765. The van der Waals surface area contributed by atoms with Crippen LogP contribution < -0.4 is 4.74 Å². The highest BCUT2D eigenvalue weighted by atomic mass is 79.9. The average Bonchev–Trinajstić information content (AvgIpc) is 3.35. The molecule has 3 nitrogen and oxygen atoms in total. The first-order valence-electron chi connectivity index (χ1n) is 7.82. The molecule has 0 aromatic heterocycles. The summed E-state index contributed by atoms with van der Waals surface area (Å²) in [6, 6.07) is 13.7. The molecule has 0 radical (unpaired) electrons. The lowest BCUT2D eigenvalue weighted by Gasteiger charge is -2.19. The minimum atomic E-state index is 0.0643. The summed E-state index contributed by atoms with van der Waals surface area (Å²) in [6.45, 7) is 0.490. The van der Waals surface area contributed by atoms with Crippen LogP contribution in [0.15, 0.2) is 46.9 Å². The van der Waals surface area contributed by atoms with E-state index in [4.69, 9.17) is 16.3 Å². The van der Waals surface area contributed by atoms with E-state index < -0.39 is 0 Å². The van der Waals surface area contributed by atoms with E-state index in [9.17, 15) is 4.79 Å². The van der Waals surface area contributed by atoms with Crippen molar-refractivity contribution in [1.29, 1.82) is 0 Å². The summed E-state index contributed by atoms with van der Waals surface area (Å²) in [4.78, 5) is 14.5. The third kappa shape index (κ3) is 3.76. The molecule has 5 heteroatoms. The number of benzene rings is 2. The number of hydrogen-bond acceptors (Lipinski definition) is 2. The van der Waals surface area contributed by atoms with Crippen molar-refractivity contribution >= 4 is 33.4 Å². The zero-order valence-corrected chi connectivity index (χ0v) is 16.0. The number of rotatable bonds is 5. The molecule has 0 bridgehead atoms. The van der Waals surface area contributed by atoms with Gasteiger partial charge in [0.05, 0.1) is 7.11 Å². The number of ether oxygens (including phenoxy) is 1. The van der Waals surface area contributed by atoms with Gasteiger partial charge < -0.3 is 9.64 Å². The van der Waals surface area contributed by atoms with Crippen LogP contribution in [-0.4, -0.2) is 25.0 Å². The molecule has 1 aliphatic carbocycles. The molecule has 0 heterocycles. The third-order valence-corrected chi connectivity index (χ3v) is 5.14. The Morgan fingerprint density at radius 2 is 2.12 bits per heavy atom. The van der Waals surface area contributed by atoms with Gasteiger partial charge in [-0.15, -0.1) is 0 Å². The van der Waals surface area contributed by atoms with Crippen molar-refractivity contribution in [3.63, 3.8) is 0 Å². The van der Waals surface area contributed by atoms with Gasteiger partial charge in [0.1, 0.15) is 5.75 Å². The molecule has 24 heavy (non-hydrogen) atoms. The Balaban J connectivity index is 1.67. The van der Waals surface area contributed by atoms with E-state index >= 15 is 0 Å². The number of hydrogen-bond donors (Lipinski definition) is 0. The van der Waals surface area contributed by atoms with Gasteiger partial charge in [-0.05, 0) is 48.2 Å². The van der Waals surface area contributed by atoms with E-state index in [1.165, 1.54) is 5.56 Å². The van der Waals surface area contributed by atoms with Crippen molar-refractivity contribution in [2.45, 2.75) is 18.9 Å². The molecule has 0 saturated heterocycles. The van der Waals surface area contributed by atoms with Gasteiger partial charge in [0.2, 0.25) is 5.91 Å². The summed E-state index contributed by atoms with van der Waals surface area (Å²) < 4.78 is 6.41. The molecule has 0 spiro atoms. The summed E-state index contributed by atoms with van der Waals surface area (Å²) in [7, 11) is 3.46. The van der Waals surface area contributed by atoms with Gasteiger partial charge in [0, 0.05) is 34.6 Å². The Hall–Kier alpha value is -1.52. The molecule has 1 saturated carbocycles. The van der Waals surface area contributed by atoms with Gasteiger partial charge >= 0.3 is 0 Å². The van der Waals surface area contributed by atoms with Crippen LogP contribution in [0.1, 0.15) is 23.5 Å². The summed E-state index contributed by atoms with van der Waals surface area (Å²) in [5, 5.41) is 0.644. The minimum Gasteiger partial charge on any atom is -0.496 e. The Kier molecular flexibility index (Phi) is 5.16. The molecule has 1 fully saturated rings. The highest BCUT2D eigenvalue weighted by molar-refractivity contribution is 9.10. The maximum atomic E-state index is 12.7. The quantitative estimate of drug-likeness (QED) is 0.706. The second kappa shape index (κ2) is 7.16. The lowest BCUT2D eigenvalue weighted by Crippen LogP contribution is -2.28. The van der Waals surface area contributed by atoms with E-state index in [0.29, 0.717) is 17.5 Å². The van der Waals surface area contributed by atoms with Crippen LogP contribution in [0.5, 0.6) is 5.75 Å². The van der Waals surface area contributed by atoms with Gasteiger partial charge in [-0.2, -0.15) is 0 Å². The van der Waals surface area contributed by atoms with E-state index in [0.717, 1.165) is 22.2 Å². The number of halogens is 2. The van der Waals surface area contributed by atoms with Gasteiger partial charge in [-0.25, -0.2) is 0 Å². The molecule has 2 atom stereocenters. The van der Waals surface area contributed by atoms with E-state index in [2.05, 4.69) is 28.1 Å². The zero-order chi connectivity index (χ0) is 17.3. The molecular weight excluding hydrogens is 390 g/mol. The normalized spacial score (nSPS) is 19.0. The highest BCUT2D eigenvalue weighted by Gasteiger charge is 2.45. The standard InChI is InChI=1S/C19H19BrClNO2/c1-22(11-13-9-15(21)6-7-18(13)24-2)19(23)17-10-16(17)12-4-3-5-14(20)8-12/h3-9,16-17H,10-11H2,1-2H3. The second-order valence-electron chi connectivity index (χ2n) is 6.15. The van der Waals surface area contributed by atoms with Crippen LogP contribution in [0.3, 0.4) is 0 Å². The van der Waals surface area contributed by atoms with Gasteiger partial charge in [0.25, 0.3) is 0 Å². The van der Waals surface area contributed by atoms with E-state index in [1.807, 2.05) is 31.3 Å². The van der Waals surface area contributed by atoms with E-state index in [1.54, 1.807) is 18.1 Å². The number of carbonyl (C=O) groups excluding carboxylic acids is 1.